The molecular weight excluding hydrogens is 468 g/mol. The molecule has 9 heteroatoms. The van der Waals surface area contributed by atoms with Crippen molar-refractivity contribution in [2.45, 2.75) is 38.4 Å². The van der Waals surface area contributed by atoms with E-state index in [-0.39, 0.29) is 23.3 Å². The van der Waals surface area contributed by atoms with Gasteiger partial charge in [0.2, 0.25) is 5.91 Å². The number of hydrogen-bond acceptors (Lipinski definition) is 5. The molecule has 36 heavy (non-hydrogen) atoms. The van der Waals surface area contributed by atoms with Gasteiger partial charge in [-0.3, -0.25) is 9.59 Å². The van der Waals surface area contributed by atoms with Gasteiger partial charge < -0.3 is 19.7 Å². The number of fused-ring (bicyclic) bond motifs is 1. The molecule has 0 saturated heterocycles. The summed E-state index contributed by atoms with van der Waals surface area (Å²) in [4.78, 5) is 31.9. The number of anilines is 1. The molecule has 0 radical (unpaired) electrons. The molecule has 0 unspecified atom stereocenters. The molecule has 1 saturated carbocycles. The van der Waals surface area contributed by atoms with E-state index in [1.807, 2.05) is 32.0 Å². The van der Waals surface area contributed by atoms with E-state index in [9.17, 15) is 18.4 Å². The number of carbonyl (C=O) groups excluding carboxylic acids is 2. The highest BCUT2D eigenvalue weighted by Crippen LogP contribution is 2.52. The molecule has 186 valence electrons. The molecule has 5 rings (SSSR count). The van der Waals surface area contributed by atoms with Gasteiger partial charge in [0.05, 0.1) is 5.41 Å². The smallest absolute Gasteiger partial charge is 0.395 e. The average Bonchev–Trinajstić information content (AvgIpc) is 3.61. The van der Waals surface area contributed by atoms with Crippen molar-refractivity contribution in [1.29, 1.82) is 0 Å². The van der Waals surface area contributed by atoms with E-state index in [0.717, 1.165) is 16.7 Å². The van der Waals surface area contributed by atoms with Gasteiger partial charge in [-0.05, 0) is 79.3 Å². The van der Waals surface area contributed by atoms with Crippen LogP contribution in [-0.4, -0.2) is 41.6 Å². The lowest BCUT2D eigenvalue weighted by atomic mass is 9.94. The zero-order chi connectivity index (χ0) is 25.7. The van der Waals surface area contributed by atoms with Crippen LogP contribution in [0.1, 0.15) is 41.3 Å². The van der Waals surface area contributed by atoms with E-state index in [4.69, 9.17) is 0 Å². The Hall–Kier alpha value is -4.01. The lowest BCUT2D eigenvalue weighted by molar-refractivity contribution is -0.286. The first-order chi connectivity index (χ1) is 17.1. The Labute approximate surface area is 207 Å². The third-order valence-corrected chi connectivity index (χ3v) is 6.72. The second-order valence-electron chi connectivity index (χ2n) is 9.15. The Balaban J connectivity index is 1.39. The standard InChI is InChI=1S/C27H25F2N3O4/c1-4-32(3)24(33)18-7-5-6-17(12-18)20-14-23(30-15-16(20)2)31-25(34)26(10-11-26)19-8-9-21-22(13-19)36-27(28,29)35-21/h5-9,12-15H,4,10-11H2,1-3H3,(H,30,31,34). The number of nitrogens with zero attached hydrogens (tertiary/aromatic N) is 2. The fraction of sp³-hybridized carbons (Fsp3) is 0.296. The van der Waals surface area contributed by atoms with Crippen molar-refractivity contribution in [3.8, 4) is 22.6 Å². The molecule has 7 nitrogen and oxygen atoms in total. The maximum atomic E-state index is 13.4. The van der Waals surface area contributed by atoms with Crippen LogP contribution in [0, 0.1) is 6.92 Å². The fourth-order valence-electron chi connectivity index (χ4n) is 4.34. The summed E-state index contributed by atoms with van der Waals surface area (Å²) in [6, 6.07) is 13.5. The molecule has 2 aliphatic rings. The predicted molar refractivity (Wildman–Crippen MR) is 129 cm³/mol. The number of hydrogen-bond donors (Lipinski definition) is 1. The maximum Gasteiger partial charge on any atom is 0.586 e. The molecule has 3 aromatic rings. The molecule has 2 heterocycles. The van der Waals surface area contributed by atoms with Crippen LogP contribution >= 0.6 is 0 Å². The number of carbonyl (C=O) groups is 2. The minimum absolute atomic E-state index is 0.0596. The summed E-state index contributed by atoms with van der Waals surface area (Å²) < 4.78 is 35.8. The quantitative estimate of drug-likeness (QED) is 0.514. The highest BCUT2D eigenvalue weighted by molar-refractivity contribution is 6.01. The Morgan fingerprint density at radius 3 is 2.56 bits per heavy atom. The predicted octanol–water partition coefficient (Wildman–Crippen LogP) is 5.14. The minimum Gasteiger partial charge on any atom is -0.395 e. The molecule has 0 atom stereocenters. The largest absolute Gasteiger partial charge is 0.586 e. The summed E-state index contributed by atoms with van der Waals surface area (Å²) in [7, 11) is 1.75. The van der Waals surface area contributed by atoms with Gasteiger partial charge in [0.15, 0.2) is 11.5 Å². The van der Waals surface area contributed by atoms with E-state index in [0.29, 0.717) is 36.3 Å². The Morgan fingerprint density at radius 2 is 1.83 bits per heavy atom. The second kappa shape index (κ2) is 8.58. The molecule has 1 aliphatic heterocycles. The second-order valence-corrected chi connectivity index (χ2v) is 9.15. The number of alkyl halides is 2. The van der Waals surface area contributed by atoms with Crippen molar-refractivity contribution in [2.75, 3.05) is 18.9 Å². The maximum absolute atomic E-state index is 13.4. The first-order valence-electron chi connectivity index (χ1n) is 11.7. The summed E-state index contributed by atoms with van der Waals surface area (Å²) in [5.74, 6) is -0.131. The van der Waals surface area contributed by atoms with Crippen molar-refractivity contribution in [3.63, 3.8) is 0 Å². The number of rotatable bonds is 6. The van der Waals surface area contributed by atoms with Gasteiger partial charge in [0.25, 0.3) is 5.91 Å². The SMILES string of the molecule is CCN(C)C(=O)c1cccc(-c2cc(NC(=O)C3(c4ccc5c(c4)OC(F)(F)O5)CC3)ncc2C)c1. The third-order valence-electron chi connectivity index (χ3n) is 6.72. The third kappa shape index (κ3) is 4.25. The zero-order valence-corrected chi connectivity index (χ0v) is 20.1. The van der Waals surface area contributed by atoms with Gasteiger partial charge in [0.1, 0.15) is 5.82 Å². The Morgan fingerprint density at radius 1 is 1.08 bits per heavy atom. The fourth-order valence-corrected chi connectivity index (χ4v) is 4.34. The monoisotopic (exact) mass is 493 g/mol. The van der Waals surface area contributed by atoms with Crippen LogP contribution in [0.5, 0.6) is 11.5 Å². The Bertz CT molecular complexity index is 1370. The molecular formula is C27H25F2N3O4. The van der Waals surface area contributed by atoms with Gasteiger partial charge >= 0.3 is 6.29 Å². The topological polar surface area (TPSA) is 80.8 Å². The molecule has 1 aromatic heterocycles. The number of halogens is 2. The Kier molecular flexibility index (Phi) is 5.65. The van der Waals surface area contributed by atoms with Crippen LogP contribution in [-0.2, 0) is 10.2 Å². The van der Waals surface area contributed by atoms with E-state index < -0.39 is 11.7 Å². The molecule has 1 N–H and O–H groups in total. The minimum atomic E-state index is -3.71. The van der Waals surface area contributed by atoms with Gasteiger partial charge in [-0.25, -0.2) is 4.98 Å². The van der Waals surface area contributed by atoms with E-state index in [1.54, 1.807) is 36.3 Å². The van der Waals surface area contributed by atoms with Crippen molar-refractivity contribution in [2.24, 2.45) is 0 Å². The zero-order valence-electron chi connectivity index (χ0n) is 20.1. The number of aromatic nitrogens is 1. The molecule has 0 spiro atoms. The summed E-state index contributed by atoms with van der Waals surface area (Å²) in [6.07, 6.45) is -0.902. The van der Waals surface area contributed by atoms with E-state index in [2.05, 4.69) is 19.8 Å². The highest BCUT2D eigenvalue weighted by Gasteiger charge is 2.53. The number of amides is 2. The van der Waals surface area contributed by atoms with Gasteiger partial charge in [-0.2, -0.15) is 0 Å². The van der Waals surface area contributed by atoms with Crippen molar-refractivity contribution in [1.82, 2.24) is 9.88 Å². The number of aryl methyl sites for hydroxylation is 1. The average molecular weight is 494 g/mol. The van der Waals surface area contributed by atoms with Crippen LogP contribution in [0.2, 0.25) is 0 Å². The van der Waals surface area contributed by atoms with E-state index >= 15 is 0 Å². The lowest BCUT2D eigenvalue weighted by Crippen LogP contribution is -2.28. The van der Waals surface area contributed by atoms with Gasteiger partial charge in [0, 0.05) is 25.4 Å². The van der Waals surface area contributed by atoms with Crippen LogP contribution in [0.15, 0.2) is 54.7 Å². The van der Waals surface area contributed by atoms with Crippen molar-refractivity contribution >= 4 is 17.6 Å². The normalized spacial score (nSPS) is 16.4. The van der Waals surface area contributed by atoms with Crippen LogP contribution in [0.3, 0.4) is 0 Å². The first kappa shape index (κ1) is 23.7. The number of benzene rings is 2. The molecule has 1 fully saturated rings. The van der Waals surface area contributed by atoms with Crippen molar-refractivity contribution in [3.05, 3.63) is 71.4 Å². The van der Waals surface area contributed by atoms with Crippen LogP contribution < -0.4 is 14.8 Å². The number of nitrogens with one attached hydrogen (secondary N) is 1. The molecule has 0 bridgehead atoms. The van der Waals surface area contributed by atoms with Gasteiger partial charge in [-0.1, -0.05) is 18.2 Å². The molecule has 2 aromatic carbocycles. The lowest BCUT2D eigenvalue weighted by Gasteiger charge is -2.17. The summed E-state index contributed by atoms with van der Waals surface area (Å²) in [5.41, 5.74) is 2.87. The first-order valence-corrected chi connectivity index (χ1v) is 11.7. The van der Waals surface area contributed by atoms with E-state index in [1.165, 1.54) is 12.1 Å². The summed E-state index contributed by atoms with van der Waals surface area (Å²) in [6.45, 7) is 4.42. The molecule has 1 aliphatic carbocycles. The highest BCUT2D eigenvalue weighted by atomic mass is 19.3. The summed E-state index contributed by atoms with van der Waals surface area (Å²) in [5, 5.41) is 2.88. The van der Waals surface area contributed by atoms with Gasteiger partial charge in [-0.15, -0.1) is 8.78 Å². The van der Waals surface area contributed by atoms with Crippen LogP contribution in [0.4, 0.5) is 14.6 Å². The molecule has 2 amide bonds. The number of ether oxygens (including phenoxy) is 2. The number of pyridine rings is 1. The van der Waals surface area contributed by atoms with Crippen molar-refractivity contribution < 1.29 is 27.8 Å². The summed E-state index contributed by atoms with van der Waals surface area (Å²) >= 11 is 0. The van der Waals surface area contributed by atoms with Crippen LogP contribution in [0.25, 0.3) is 11.1 Å².